The lowest BCUT2D eigenvalue weighted by Crippen LogP contribution is -2.38. The molecule has 1 aliphatic heterocycles. The van der Waals surface area contributed by atoms with Crippen LogP contribution in [-0.2, 0) is 11.3 Å². The highest BCUT2D eigenvalue weighted by atomic mass is 16.5. The van der Waals surface area contributed by atoms with Crippen LogP contribution in [0.2, 0.25) is 0 Å². The molecule has 1 N–H and O–H groups in total. The van der Waals surface area contributed by atoms with E-state index < -0.39 is 0 Å². The van der Waals surface area contributed by atoms with Crippen LogP contribution in [0.4, 0.5) is 5.82 Å². The second-order valence-electron chi connectivity index (χ2n) is 5.63. The molecule has 1 aromatic heterocycles. The summed E-state index contributed by atoms with van der Waals surface area (Å²) in [5.74, 6) is 1.32. The summed E-state index contributed by atoms with van der Waals surface area (Å²) in [6, 6.07) is 9.91. The third kappa shape index (κ3) is 4.89. The number of anilines is 1. The van der Waals surface area contributed by atoms with Crippen LogP contribution in [0.25, 0.3) is 0 Å². The second-order valence-corrected chi connectivity index (χ2v) is 5.63. The van der Waals surface area contributed by atoms with E-state index in [0.717, 1.165) is 44.2 Å². The number of nitrogens with one attached hydrogen (secondary N) is 1. The highest BCUT2D eigenvalue weighted by Gasteiger charge is 2.11. The van der Waals surface area contributed by atoms with Gasteiger partial charge in [0.1, 0.15) is 18.4 Å². The van der Waals surface area contributed by atoms with Crippen molar-refractivity contribution in [2.24, 2.45) is 0 Å². The first-order valence-electron chi connectivity index (χ1n) is 8.32. The smallest absolute Gasteiger partial charge is 0.182 e. The molecule has 1 aliphatic rings. The molecule has 130 valence electrons. The minimum absolute atomic E-state index is 0.285. The van der Waals surface area contributed by atoms with Gasteiger partial charge in [0, 0.05) is 44.1 Å². The van der Waals surface area contributed by atoms with Gasteiger partial charge in [-0.2, -0.15) is 5.26 Å². The Balaban J connectivity index is 1.56. The molecule has 0 spiro atoms. The molecule has 25 heavy (non-hydrogen) atoms. The van der Waals surface area contributed by atoms with Gasteiger partial charge in [-0.1, -0.05) is 18.2 Å². The first-order chi connectivity index (χ1) is 12.4. The first kappa shape index (κ1) is 17.1. The fourth-order valence-corrected chi connectivity index (χ4v) is 2.63. The maximum Gasteiger partial charge on any atom is 0.182 e. The highest BCUT2D eigenvalue weighted by molar-refractivity contribution is 5.48. The van der Waals surface area contributed by atoms with Crippen molar-refractivity contribution < 1.29 is 9.47 Å². The van der Waals surface area contributed by atoms with Gasteiger partial charge in [-0.05, 0) is 6.07 Å². The van der Waals surface area contributed by atoms with Crippen molar-refractivity contribution >= 4 is 5.82 Å². The zero-order valence-electron chi connectivity index (χ0n) is 14.0. The SMILES string of the molecule is N#Cc1nccnc1NCc1ccccc1OCCN1CCOCC1. The van der Waals surface area contributed by atoms with E-state index >= 15 is 0 Å². The summed E-state index contributed by atoms with van der Waals surface area (Å²) in [5, 5.41) is 12.2. The molecule has 0 radical (unpaired) electrons. The number of nitrogens with zero attached hydrogens (tertiary/aromatic N) is 4. The minimum Gasteiger partial charge on any atom is -0.492 e. The molecule has 0 amide bonds. The van der Waals surface area contributed by atoms with Crippen LogP contribution >= 0.6 is 0 Å². The van der Waals surface area contributed by atoms with Crippen molar-refractivity contribution in [1.82, 2.24) is 14.9 Å². The van der Waals surface area contributed by atoms with Gasteiger partial charge < -0.3 is 14.8 Å². The fraction of sp³-hybridized carbons (Fsp3) is 0.389. The Hall–Kier alpha value is -2.69. The van der Waals surface area contributed by atoms with Gasteiger partial charge in [0.25, 0.3) is 0 Å². The van der Waals surface area contributed by atoms with Crippen LogP contribution in [0, 0.1) is 11.3 Å². The summed E-state index contributed by atoms with van der Waals surface area (Å²) in [4.78, 5) is 10.5. The Morgan fingerprint density at radius 2 is 2.00 bits per heavy atom. The van der Waals surface area contributed by atoms with Crippen LogP contribution < -0.4 is 10.1 Å². The lowest BCUT2D eigenvalue weighted by molar-refractivity contribution is 0.0322. The number of para-hydroxylation sites is 1. The van der Waals surface area contributed by atoms with Crippen molar-refractivity contribution in [3.63, 3.8) is 0 Å². The predicted molar refractivity (Wildman–Crippen MR) is 93.3 cm³/mol. The molecule has 0 saturated carbocycles. The number of nitriles is 1. The topological polar surface area (TPSA) is 83.3 Å². The van der Waals surface area contributed by atoms with E-state index in [1.807, 2.05) is 30.3 Å². The fourth-order valence-electron chi connectivity index (χ4n) is 2.63. The van der Waals surface area contributed by atoms with Crippen LogP contribution in [0.1, 0.15) is 11.3 Å². The standard InChI is InChI=1S/C18H21N5O2/c19-13-16-18(21-6-5-20-16)22-14-15-3-1-2-4-17(15)25-12-9-23-7-10-24-11-8-23/h1-6H,7-12,14H2,(H,21,22). The molecule has 1 saturated heterocycles. The minimum atomic E-state index is 0.285. The third-order valence-corrected chi connectivity index (χ3v) is 3.99. The van der Waals surface area contributed by atoms with E-state index in [4.69, 9.17) is 14.7 Å². The zero-order valence-corrected chi connectivity index (χ0v) is 14.0. The Morgan fingerprint density at radius 3 is 2.84 bits per heavy atom. The normalized spacial score (nSPS) is 14.7. The Kier molecular flexibility index (Phi) is 6.15. The number of rotatable bonds is 7. The molecule has 7 heteroatoms. The Morgan fingerprint density at radius 1 is 1.20 bits per heavy atom. The summed E-state index contributed by atoms with van der Waals surface area (Å²) in [7, 11) is 0. The third-order valence-electron chi connectivity index (χ3n) is 3.99. The van der Waals surface area contributed by atoms with Gasteiger partial charge in [0.15, 0.2) is 11.5 Å². The van der Waals surface area contributed by atoms with E-state index in [1.54, 1.807) is 6.20 Å². The van der Waals surface area contributed by atoms with Crippen LogP contribution in [0.3, 0.4) is 0 Å². The lowest BCUT2D eigenvalue weighted by Gasteiger charge is -2.26. The maximum absolute atomic E-state index is 9.08. The summed E-state index contributed by atoms with van der Waals surface area (Å²) in [6.07, 6.45) is 3.07. The zero-order chi connectivity index (χ0) is 17.3. The molecule has 2 heterocycles. The largest absolute Gasteiger partial charge is 0.492 e. The summed E-state index contributed by atoms with van der Waals surface area (Å²) < 4.78 is 11.3. The maximum atomic E-state index is 9.08. The van der Waals surface area contributed by atoms with E-state index in [9.17, 15) is 0 Å². The molecule has 0 atom stereocenters. The average molecular weight is 339 g/mol. The molecule has 0 unspecified atom stereocenters. The van der Waals surface area contributed by atoms with Gasteiger partial charge in [-0.15, -0.1) is 0 Å². The number of ether oxygens (including phenoxy) is 2. The van der Waals surface area contributed by atoms with Crippen LogP contribution in [0.5, 0.6) is 5.75 Å². The number of aromatic nitrogens is 2. The predicted octanol–water partition coefficient (Wildman–Crippen LogP) is 1.67. The van der Waals surface area contributed by atoms with Crippen molar-refractivity contribution in [2.45, 2.75) is 6.54 Å². The quantitative estimate of drug-likeness (QED) is 0.821. The molecular weight excluding hydrogens is 318 g/mol. The molecule has 0 aliphatic carbocycles. The van der Waals surface area contributed by atoms with E-state index in [1.165, 1.54) is 6.20 Å². The van der Waals surface area contributed by atoms with Gasteiger partial charge in [0.2, 0.25) is 0 Å². The highest BCUT2D eigenvalue weighted by Crippen LogP contribution is 2.19. The Labute approximate surface area is 147 Å². The van der Waals surface area contributed by atoms with Crippen molar-refractivity contribution in [3.05, 3.63) is 47.9 Å². The monoisotopic (exact) mass is 339 g/mol. The molecule has 0 bridgehead atoms. The molecule has 1 aromatic carbocycles. The molecular formula is C18H21N5O2. The molecule has 2 aromatic rings. The van der Waals surface area contributed by atoms with Crippen molar-refractivity contribution in [1.29, 1.82) is 5.26 Å². The summed E-state index contributed by atoms with van der Waals surface area (Å²) >= 11 is 0. The summed E-state index contributed by atoms with van der Waals surface area (Å²) in [6.45, 7) is 5.52. The van der Waals surface area contributed by atoms with Gasteiger partial charge in [0.05, 0.1) is 13.2 Å². The molecule has 7 nitrogen and oxygen atoms in total. The van der Waals surface area contributed by atoms with Gasteiger partial charge in [-0.3, -0.25) is 4.90 Å². The van der Waals surface area contributed by atoms with Gasteiger partial charge in [-0.25, -0.2) is 9.97 Å². The molecule has 1 fully saturated rings. The number of hydrogen-bond donors (Lipinski definition) is 1. The number of hydrogen-bond acceptors (Lipinski definition) is 7. The lowest BCUT2D eigenvalue weighted by atomic mass is 10.2. The average Bonchev–Trinajstić information content (AvgIpc) is 2.68. The number of morpholine rings is 1. The van der Waals surface area contributed by atoms with Crippen LogP contribution in [-0.4, -0.2) is 54.3 Å². The first-order valence-corrected chi connectivity index (χ1v) is 8.32. The Bertz CT molecular complexity index is 725. The van der Waals surface area contributed by atoms with E-state index in [-0.39, 0.29) is 5.69 Å². The summed E-state index contributed by atoms with van der Waals surface area (Å²) in [5.41, 5.74) is 1.30. The van der Waals surface area contributed by atoms with E-state index in [2.05, 4.69) is 20.2 Å². The van der Waals surface area contributed by atoms with Crippen LogP contribution in [0.15, 0.2) is 36.7 Å². The van der Waals surface area contributed by atoms with Crippen molar-refractivity contribution in [2.75, 3.05) is 44.8 Å². The van der Waals surface area contributed by atoms with E-state index in [0.29, 0.717) is 19.0 Å². The second kappa shape index (κ2) is 8.97. The van der Waals surface area contributed by atoms with Crippen molar-refractivity contribution in [3.8, 4) is 11.8 Å². The number of benzene rings is 1. The molecule has 3 rings (SSSR count). The van der Waals surface area contributed by atoms with Gasteiger partial charge >= 0.3 is 0 Å².